The number of nitrogens with zero attached hydrogens (tertiary/aromatic N) is 1. The van der Waals surface area contributed by atoms with Crippen LogP contribution in [0.3, 0.4) is 0 Å². The van der Waals surface area contributed by atoms with Crippen molar-refractivity contribution in [2.24, 2.45) is 5.92 Å². The van der Waals surface area contributed by atoms with Gasteiger partial charge >= 0.3 is 0 Å². The SMILES string of the molecule is BrCC1CC1Oc1ccccn1. The quantitative estimate of drug-likeness (QED) is 0.740. The Morgan fingerprint density at radius 2 is 2.50 bits per heavy atom. The van der Waals surface area contributed by atoms with Crippen molar-refractivity contribution in [2.45, 2.75) is 12.5 Å². The molecule has 0 N–H and O–H groups in total. The second kappa shape index (κ2) is 3.44. The van der Waals surface area contributed by atoms with Crippen molar-refractivity contribution in [3.8, 4) is 5.88 Å². The molecule has 0 bridgehead atoms. The van der Waals surface area contributed by atoms with Crippen molar-refractivity contribution in [3.05, 3.63) is 24.4 Å². The summed E-state index contributed by atoms with van der Waals surface area (Å²) < 4.78 is 5.59. The van der Waals surface area contributed by atoms with Crippen LogP contribution in [-0.4, -0.2) is 16.4 Å². The van der Waals surface area contributed by atoms with E-state index in [-0.39, 0.29) is 0 Å². The number of ether oxygens (including phenoxy) is 1. The first-order valence-corrected chi connectivity index (χ1v) is 5.16. The van der Waals surface area contributed by atoms with Crippen LogP contribution < -0.4 is 4.74 Å². The summed E-state index contributed by atoms with van der Waals surface area (Å²) in [5.74, 6) is 1.43. The first-order valence-electron chi connectivity index (χ1n) is 4.04. The minimum Gasteiger partial charge on any atom is -0.474 e. The summed E-state index contributed by atoms with van der Waals surface area (Å²) >= 11 is 3.43. The summed E-state index contributed by atoms with van der Waals surface area (Å²) in [6, 6.07) is 5.72. The third kappa shape index (κ3) is 1.78. The molecule has 2 rings (SSSR count). The predicted molar refractivity (Wildman–Crippen MR) is 50.6 cm³/mol. The Morgan fingerprint density at radius 3 is 3.08 bits per heavy atom. The Kier molecular flexibility index (Phi) is 2.30. The Morgan fingerprint density at radius 1 is 1.58 bits per heavy atom. The van der Waals surface area contributed by atoms with Crippen molar-refractivity contribution in [2.75, 3.05) is 5.33 Å². The zero-order chi connectivity index (χ0) is 8.39. The normalized spacial score (nSPS) is 26.8. The third-order valence-electron chi connectivity index (χ3n) is 1.97. The molecule has 0 radical (unpaired) electrons. The van der Waals surface area contributed by atoms with E-state index < -0.39 is 0 Å². The Hall–Kier alpha value is -0.570. The second-order valence-electron chi connectivity index (χ2n) is 2.97. The van der Waals surface area contributed by atoms with Crippen molar-refractivity contribution in [1.29, 1.82) is 0 Å². The average Bonchev–Trinajstić information content (AvgIpc) is 2.85. The lowest BCUT2D eigenvalue weighted by Crippen LogP contribution is -2.01. The minimum absolute atomic E-state index is 0.388. The van der Waals surface area contributed by atoms with E-state index in [0.717, 1.165) is 17.6 Å². The molecule has 64 valence electrons. The van der Waals surface area contributed by atoms with Gasteiger partial charge in [0.25, 0.3) is 0 Å². The highest BCUT2D eigenvalue weighted by Gasteiger charge is 2.38. The third-order valence-corrected chi connectivity index (χ3v) is 2.80. The molecule has 3 heteroatoms. The average molecular weight is 228 g/mol. The van der Waals surface area contributed by atoms with Gasteiger partial charge in [-0.1, -0.05) is 22.0 Å². The topological polar surface area (TPSA) is 22.1 Å². The van der Waals surface area contributed by atoms with Gasteiger partial charge in [-0.25, -0.2) is 4.98 Å². The number of hydrogen-bond donors (Lipinski definition) is 0. The molecule has 1 aliphatic rings. The maximum Gasteiger partial charge on any atom is 0.213 e. The molecule has 0 spiro atoms. The number of hydrogen-bond acceptors (Lipinski definition) is 2. The van der Waals surface area contributed by atoms with Gasteiger partial charge in [0.2, 0.25) is 5.88 Å². The van der Waals surface area contributed by atoms with E-state index in [2.05, 4.69) is 20.9 Å². The first-order chi connectivity index (χ1) is 5.90. The maximum atomic E-state index is 5.59. The number of alkyl halides is 1. The minimum atomic E-state index is 0.388. The predicted octanol–water partition coefficient (Wildman–Crippen LogP) is 2.24. The molecule has 0 aliphatic heterocycles. The van der Waals surface area contributed by atoms with E-state index in [0.29, 0.717) is 12.0 Å². The fourth-order valence-corrected chi connectivity index (χ4v) is 1.78. The fourth-order valence-electron chi connectivity index (χ4n) is 1.10. The first kappa shape index (κ1) is 8.05. The van der Waals surface area contributed by atoms with Gasteiger partial charge in [0.05, 0.1) is 0 Å². The van der Waals surface area contributed by atoms with Gasteiger partial charge in [-0.05, 0) is 12.5 Å². The van der Waals surface area contributed by atoms with Gasteiger partial charge in [-0.15, -0.1) is 0 Å². The highest BCUT2D eigenvalue weighted by atomic mass is 79.9. The molecule has 1 heterocycles. The molecule has 0 saturated heterocycles. The fraction of sp³-hybridized carbons (Fsp3) is 0.444. The number of aromatic nitrogens is 1. The van der Waals surface area contributed by atoms with Crippen molar-refractivity contribution < 1.29 is 4.74 Å². The molecule has 1 aliphatic carbocycles. The summed E-state index contributed by atoms with van der Waals surface area (Å²) in [7, 11) is 0. The zero-order valence-corrected chi connectivity index (χ0v) is 8.20. The van der Waals surface area contributed by atoms with Gasteiger partial charge in [-0.3, -0.25) is 0 Å². The van der Waals surface area contributed by atoms with Gasteiger partial charge < -0.3 is 4.74 Å². The van der Waals surface area contributed by atoms with E-state index in [4.69, 9.17) is 4.74 Å². The van der Waals surface area contributed by atoms with Crippen LogP contribution in [0.5, 0.6) is 5.88 Å². The highest BCUT2D eigenvalue weighted by Crippen LogP contribution is 2.35. The van der Waals surface area contributed by atoms with E-state index in [1.165, 1.54) is 0 Å². The van der Waals surface area contributed by atoms with Crippen LogP contribution in [0.1, 0.15) is 6.42 Å². The molecule has 1 saturated carbocycles. The highest BCUT2D eigenvalue weighted by molar-refractivity contribution is 9.09. The molecule has 2 unspecified atom stereocenters. The van der Waals surface area contributed by atoms with Crippen LogP contribution in [-0.2, 0) is 0 Å². The number of pyridine rings is 1. The lowest BCUT2D eigenvalue weighted by Gasteiger charge is -2.01. The number of rotatable bonds is 3. The summed E-state index contributed by atoms with van der Waals surface area (Å²) in [5.41, 5.74) is 0. The lowest BCUT2D eigenvalue weighted by atomic mass is 10.5. The maximum absolute atomic E-state index is 5.59. The molecule has 0 amide bonds. The monoisotopic (exact) mass is 227 g/mol. The van der Waals surface area contributed by atoms with Crippen LogP contribution in [0.2, 0.25) is 0 Å². The zero-order valence-electron chi connectivity index (χ0n) is 6.61. The number of halogens is 1. The smallest absolute Gasteiger partial charge is 0.213 e. The Labute approximate surface area is 80.1 Å². The van der Waals surface area contributed by atoms with E-state index in [1.807, 2.05) is 18.2 Å². The molecule has 1 aromatic rings. The summed E-state index contributed by atoms with van der Waals surface area (Å²) in [6.07, 6.45) is 3.29. The van der Waals surface area contributed by atoms with E-state index >= 15 is 0 Å². The molecule has 2 atom stereocenters. The summed E-state index contributed by atoms with van der Waals surface area (Å²) in [6.45, 7) is 0. The van der Waals surface area contributed by atoms with Crippen LogP contribution in [0.4, 0.5) is 0 Å². The molecule has 0 aromatic carbocycles. The van der Waals surface area contributed by atoms with Gasteiger partial charge in [0, 0.05) is 23.5 Å². The lowest BCUT2D eigenvalue weighted by molar-refractivity contribution is 0.278. The largest absolute Gasteiger partial charge is 0.474 e. The Bertz CT molecular complexity index is 252. The van der Waals surface area contributed by atoms with Crippen LogP contribution in [0.15, 0.2) is 24.4 Å². The molecule has 12 heavy (non-hydrogen) atoms. The van der Waals surface area contributed by atoms with Crippen molar-refractivity contribution in [3.63, 3.8) is 0 Å². The van der Waals surface area contributed by atoms with Crippen molar-refractivity contribution in [1.82, 2.24) is 4.98 Å². The molecule has 1 aromatic heterocycles. The van der Waals surface area contributed by atoms with Crippen molar-refractivity contribution >= 4 is 15.9 Å². The van der Waals surface area contributed by atoms with Gasteiger partial charge in [-0.2, -0.15) is 0 Å². The van der Waals surface area contributed by atoms with Gasteiger partial charge in [0.15, 0.2) is 0 Å². The molecular weight excluding hydrogens is 218 g/mol. The van der Waals surface area contributed by atoms with E-state index in [9.17, 15) is 0 Å². The van der Waals surface area contributed by atoms with Crippen LogP contribution in [0, 0.1) is 5.92 Å². The second-order valence-corrected chi connectivity index (χ2v) is 3.62. The molecule has 1 fully saturated rings. The van der Waals surface area contributed by atoms with E-state index in [1.54, 1.807) is 6.20 Å². The molecular formula is C9H10BrNO. The standard InChI is InChI=1S/C9H10BrNO/c10-6-7-5-8(7)12-9-3-1-2-4-11-9/h1-4,7-8H,5-6H2. The van der Waals surface area contributed by atoms with Crippen LogP contribution in [0.25, 0.3) is 0 Å². The summed E-state index contributed by atoms with van der Waals surface area (Å²) in [4.78, 5) is 4.09. The van der Waals surface area contributed by atoms with Crippen LogP contribution >= 0.6 is 15.9 Å². The Balaban J connectivity index is 1.89. The summed E-state index contributed by atoms with van der Waals surface area (Å²) in [5, 5.41) is 1.03. The van der Waals surface area contributed by atoms with Gasteiger partial charge in [0.1, 0.15) is 6.10 Å². The molecule has 2 nitrogen and oxygen atoms in total.